The normalized spacial score (nSPS) is 11.6. The molecule has 138 valence electrons. The SMILES string of the molecule is CSCCC(NC(=O)c1cccc(C)c1)C(=O)NOCc1ccccc1. The van der Waals surface area contributed by atoms with E-state index in [2.05, 4.69) is 10.8 Å². The maximum absolute atomic E-state index is 12.4. The summed E-state index contributed by atoms with van der Waals surface area (Å²) in [6.45, 7) is 2.19. The van der Waals surface area contributed by atoms with E-state index in [0.717, 1.165) is 16.9 Å². The van der Waals surface area contributed by atoms with Crippen LogP contribution in [0.5, 0.6) is 0 Å². The molecule has 26 heavy (non-hydrogen) atoms. The van der Waals surface area contributed by atoms with Crippen molar-refractivity contribution in [1.29, 1.82) is 0 Å². The van der Waals surface area contributed by atoms with Crippen LogP contribution >= 0.6 is 11.8 Å². The number of thioether (sulfide) groups is 1. The van der Waals surface area contributed by atoms with Gasteiger partial charge in [-0.3, -0.25) is 14.4 Å². The van der Waals surface area contributed by atoms with Gasteiger partial charge in [-0.2, -0.15) is 11.8 Å². The van der Waals surface area contributed by atoms with Crippen LogP contribution in [0.3, 0.4) is 0 Å². The van der Waals surface area contributed by atoms with Crippen LogP contribution in [0.25, 0.3) is 0 Å². The molecule has 0 aliphatic carbocycles. The average molecular weight is 372 g/mol. The minimum absolute atomic E-state index is 0.266. The van der Waals surface area contributed by atoms with E-state index in [-0.39, 0.29) is 18.4 Å². The number of rotatable bonds is 9. The number of carbonyl (C=O) groups excluding carboxylic acids is 2. The first-order chi connectivity index (χ1) is 12.6. The van der Waals surface area contributed by atoms with Gasteiger partial charge in [-0.1, -0.05) is 48.0 Å². The Morgan fingerprint density at radius 2 is 1.88 bits per heavy atom. The van der Waals surface area contributed by atoms with Gasteiger partial charge in [-0.05, 0) is 43.0 Å². The Bertz CT molecular complexity index is 722. The third kappa shape index (κ3) is 6.54. The first-order valence-corrected chi connectivity index (χ1v) is 9.81. The van der Waals surface area contributed by atoms with E-state index in [9.17, 15) is 9.59 Å². The third-order valence-electron chi connectivity index (χ3n) is 3.77. The van der Waals surface area contributed by atoms with E-state index >= 15 is 0 Å². The molecule has 0 aromatic heterocycles. The number of nitrogens with one attached hydrogen (secondary N) is 2. The molecule has 6 heteroatoms. The van der Waals surface area contributed by atoms with Crippen LogP contribution in [0.1, 0.15) is 27.9 Å². The van der Waals surface area contributed by atoms with Gasteiger partial charge in [0, 0.05) is 5.56 Å². The molecule has 0 radical (unpaired) electrons. The van der Waals surface area contributed by atoms with Crippen molar-refractivity contribution in [3.05, 3.63) is 71.3 Å². The second-order valence-electron chi connectivity index (χ2n) is 5.92. The second-order valence-corrected chi connectivity index (χ2v) is 6.90. The topological polar surface area (TPSA) is 67.4 Å². The molecule has 1 unspecified atom stereocenters. The molecule has 2 aromatic rings. The first-order valence-electron chi connectivity index (χ1n) is 8.42. The Morgan fingerprint density at radius 1 is 1.12 bits per heavy atom. The van der Waals surface area contributed by atoms with E-state index in [4.69, 9.17) is 4.84 Å². The molecule has 0 aliphatic rings. The Kier molecular flexibility index (Phi) is 8.18. The smallest absolute Gasteiger partial charge is 0.266 e. The zero-order valence-electron chi connectivity index (χ0n) is 15.0. The molecule has 2 rings (SSSR count). The maximum atomic E-state index is 12.4. The minimum Gasteiger partial charge on any atom is -0.340 e. The molecule has 0 saturated heterocycles. The molecular formula is C20H24N2O3S. The Morgan fingerprint density at radius 3 is 2.58 bits per heavy atom. The van der Waals surface area contributed by atoms with Gasteiger partial charge in [0.2, 0.25) is 0 Å². The van der Waals surface area contributed by atoms with Gasteiger partial charge in [-0.15, -0.1) is 0 Å². The van der Waals surface area contributed by atoms with Gasteiger partial charge in [0.15, 0.2) is 0 Å². The van der Waals surface area contributed by atoms with Crippen molar-refractivity contribution in [3.8, 4) is 0 Å². The highest BCUT2D eigenvalue weighted by molar-refractivity contribution is 7.98. The Labute approximate surface area is 158 Å². The van der Waals surface area contributed by atoms with Crippen LogP contribution in [-0.2, 0) is 16.2 Å². The fraction of sp³-hybridized carbons (Fsp3) is 0.300. The zero-order chi connectivity index (χ0) is 18.8. The summed E-state index contributed by atoms with van der Waals surface area (Å²) in [5, 5.41) is 2.80. The lowest BCUT2D eigenvalue weighted by Gasteiger charge is -2.18. The fourth-order valence-electron chi connectivity index (χ4n) is 2.37. The summed E-state index contributed by atoms with van der Waals surface area (Å²) in [6, 6.07) is 16.2. The van der Waals surface area contributed by atoms with Gasteiger partial charge in [-0.25, -0.2) is 5.48 Å². The van der Waals surface area contributed by atoms with Crippen molar-refractivity contribution in [2.75, 3.05) is 12.0 Å². The number of hydrogen-bond donors (Lipinski definition) is 2. The molecule has 0 fully saturated rings. The summed E-state index contributed by atoms with van der Waals surface area (Å²) in [5.74, 6) is 0.138. The van der Waals surface area contributed by atoms with Crippen LogP contribution in [0.4, 0.5) is 0 Å². The summed E-state index contributed by atoms with van der Waals surface area (Å²) in [4.78, 5) is 30.1. The number of aryl methyl sites for hydroxylation is 1. The number of carbonyl (C=O) groups is 2. The zero-order valence-corrected chi connectivity index (χ0v) is 15.8. The molecule has 0 spiro atoms. The Hall–Kier alpha value is -2.31. The van der Waals surface area contributed by atoms with E-state index in [0.29, 0.717) is 12.0 Å². The first kappa shape index (κ1) is 20.0. The lowest BCUT2D eigenvalue weighted by atomic mass is 10.1. The molecule has 2 N–H and O–H groups in total. The van der Waals surface area contributed by atoms with Crippen molar-refractivity contribution in [3.63, 3.8) is 0 Å². The molecule has 2 amide bonds. The summed E-state index contributed by atoms with van der Waals surface area (Å²) < 4.78 is 0. The predicted molar refractivity (Wildman–Crippen MR) is 105 cm³/mol. The molecule has 0 bridgehead atoms. The predicted octanol–water partition coefficient (Wildman–Crippen LogP) is 3.09. The largest absolute Gasteiger partial charge is 0.340 e. The lowest BCUT2D eigenvalue weighted by molar-refractivity contribution is -0.136. The molecule has 0 saturated carbocycles. The van der Waals surface area contributed by atoms with Gasteiger partial charge in [0.05, 0.1) is 6.61 Å². The summed E-state index contributed by atoms with van der Waals surface area (Å²) >= 11 is 1.62. The summed E-state index contributed by atoms with van der Waals surface area (Å²) in [5.41, 5.74) is 4.93. The van der Waals surface area contributed by atoms with Crippen molar-refractivity contribution < 1.29 is 14.4 Å². The standard InChI is InChI=1S/C20H24N2O3S/c1-15-7-6-10-17(13-15)19(23)21-18(11-12-26-2)20(24)22-25-14-16-8-4-3-5-9-16/h3-10,13,18H,11-12,14H2,1-2H3,(H,21,23)(H,22,24). The highest BCUT2D eigenvalue weighted by Crippen LogP contribution is 2.07. The minimum atomic E-state index is -0.647. The van der Waals surface area contributed by atoms with Crippen LogP contribution in [-0.4, -0.2) is 29.9 Å². The summed E-state index contributed by atoms with van der Waals surface area (Å²) in [6.07, 6.45) is 2.49. The van der Waals surface area contributed by atoms with Crippen LogP contribution in [0.15, 0.2) is 54.6 Å². The van der Waals surface area contributed by atoms with Crippen LogP contribution in [0, 0.1) is 6.92 Å². The molecule has 0 aliphatic heterocycles. The highest BCUT2D eigenvalue weighted by atomic mass is 32.2. The van der Waals surface area contributed by atoms with Crippen molar-refractivity contribution >= 4 is 23.6 Å². The number of hydrogen-bond acceptors (Lipinski definition) is 4. The highest BCUT2D eigenvalue weighted by Gasteiger charge is 2.21. The summed E-state index contributed by atoms with van der Waals surface area (Å²) in [7, 11) is 0. The van der Waals surface area contributed by atoms with Gasteiger partial charge >= 0.3 is 0 Å². The number of hydroxylamine groups is 1. The van der Waals surface area contributed by atoms with Crippen molar-refractivity contribution in [1.82, 2.24) is 10.8 Å². The average Bonchev–Trinajstić information content (AvgIpc) is 2.65. The fourth-order valence-corrected chi connectivity index (χ4v) is 2.84. The molecule has 5 nitrogen and oxygen atoms in total. The quantitative estimate of drug-likeness (QED) is 0.664. The number of amides is 2. The second kappa shape index (κ2) is 10.6. The van der Waals surface area contributed by atoms with E-state index in [1.165, 1.54) is 0 Å². The third-order valence-corrected chi connectivity index (χ3v) is 4.41. The monoisotopic (exact) mass is 372 g/mol. The van der Waals surface area contributed by atoms with Gasteiger partial charge < -0.3 is 5.32 Å². The molecular weight excluding hydrogens is 348 g/mol. The van der Waals surface area contributed by atoms with E-state index in [1.54, 1.807) is 23.9 Å². The molecule has 2 aromatic carbocycles. The van der Waals surface area contributed by atoms with Gasteiger partial charge in [0.1, 0.15) is 6.04 Å². The van der Waals surface area contributed by atoms with E-state index in [1.807, 2.05) is 55.6 Å². The van der Waals surface area contributed by atoms with Crippen molar-refractivity contribution in [2.24, 2.45) is 0 Å². The van der Waals surface area contributed by atoms with Gasteiger partial charge in [0.25, 0.3) is 11.8 Å². The molecule has 0 heterocycles. The molecule has 1 atom stereocenters. The Balaban J connectivity index is 1.92. The van der Waals surface area contributed by atoms with E-state index < -0.39 is 6.04 Å². The van der Waals surface area contributed by atoms with Crippen molar-refractivity contribution in [2.45, 2.75) is 26.0 Å². The maximum Gasteiger partial charge on any atom is 0.266 e. The van der Waals surface area contributed by atoms with Crippen LogP contribution in [0.2, 0.25) is 0 Å². The van der Waals surface area contributed by atoms with Crippen LogP contribution < -0.4 is 10.8 Å². The lowest BCUT2D eigenvalue weighted by Crippen LogP contribution is -2.47. The number of benzene rings is 2.